The number of nitrogens with one attached hydrogen (secondary N) is 2. The number of rotatable bonds is 5. The summed E-state index contributed by atoms with van der Waals surface area (Å²) in [4.78, 5) is 16.8. The van der Waals surface area contributed by atoms with Crippen molar-refractivity contribution in [2.75, 3.05) is 23.4 Å². The van der Waals surface area contributed by atoms with E-state index in [1.54, 1.807) is 12.1 Å². The fourth-order valence-electron chi connectivity index (χ4n) is 3.32. The van der Waals surface area contributed by atoms with E-state index in [-0.39, 0.29) is 28.7 Å². The van der Waals surface area contributed by atoms with E-state index in [0.717, 1.165) is 22.8 Å². The minimum Gasteiger partial charge on any atom is -0.352 e. The second-order valence-electron chi connectivity index (χ2n) is 7.07. The van der Waals surface area contributed by atoms with Crippen molar-refractivity contribution in [3.05, 3.63) is 64.7 Å². The Morgan fingerprint density at radius 1 is 1.10 bits per heavy atom. The highest BCUT2D eigenvalue weighted by atomic mass is 35.5. The minimum atomic E-state index is -2.95. The molecule has 0 aliphatic carbocycles. The molecule has 0 unspecified atom stereocenters. The highest BCUT2D eigenvalue weighted by Crippen LogP contribution is 2.34. The third-order valence-corrected chi connectivity index (χ3v) is 8.22. The molecule has 6 nitrogen and oxygen atoms in total. The van der Waals surface area contributed by atoms with Crippen molar-refractivity contribution in [3.8, 4) is 0 Å². The molecule has 1 fully saturated rings. The predicted octanol–water partition coefficient (Wildman–Crippen LogP) is 2.99. The van der Waals surface area contributed by atoms with E-state index in [4.69, 9.17) is 11.6 Å². The molecule has 152 valence electrons. The van der Waals surface area contributed by atoms with Crippen LogP contribution in [0.3, 0.4) is 0 Å². The van der Waals surface area contributed by atoms with Gasteiger partial charge in [-0.05, 0) is 48.4 Å². The molecule has 0 aromatic heterocycles. The molecule has 2 aromatic carbocycles. The van der Waals surface area contributed by atoms with Crippen molar-refractivity contribution in [2.24, 2.45) is 4.99 Å². The fraction of sp³-hybridized carbons (Fsp3) is 0.300. The third kappa shape index (κ3) is 5.12. The van der Waals surface area contributed by atoms with E-state index in [0.29, 0.717) is 17.1 Å². The van der Waals surface area contributed by atoms with Gasteiger partial charge in [0.25, 0.3) is 5.91 Å². The highest BCUT2D eigenvalue weighted by molar-refractivity contribution is 8.15. The predicted molar refractivity (Wildman–Crippen MR) is 119 cm³/mol. The van der Waals surface area contributed by atoms with Gasteiger partial charge in [-0.15, -0.1) is 0 Å². The number of hydrogen-bond acceptors (Lipinski definition) is 6. The highest BCUT2D eigenvalue weighted by Gasteiger charge is 2.42. The smallest absolute Gasteiger partial charge is 0.251 e. The molecule has 2 aliphatic heterocycles. The molecule has 2 heterocycles. The van der Waals surface area contributed by atoms with Crippen LogP contribution in [0.5, 0.6) is 0 Å². The first kappa shape index (κ1) is 20.3. The number of carbonyl (C=O) groups is 1. The second-order valence-corrected chi connectivity index (χ2v) is 10.9. The molecule has 2 N–H and O–H groups in total. The topological polar surface area (TPSA) is 87.6 Å². The number of sulfone groups is 1. The van der Waals surface area contributed by atoms with Crippen LogP contribution >= 0.6 is 23.4 Å². The number of nitrogens with zero attached hydrogens (tertiary/aromatic N) is 1. The molecule has 0 radical (unpaired) electrons. The van der Waals surface area contributed by atoms with Crippen LogP contribution in [0.25, 0.3) is 0 Å². The monoisotopic (exact) mass is 449 g/mol. The zero-order valence-electron chi connectivity index (χ0n) is 15.5. The molecule has 4 rings (SSSR count). The Bertz CT molecular complexity index is 1040. The summed E-state index contributed by atoms with van der Waals surface area (Å²) in [7, 11) is -2.95. The largest absolute Gasteiger partial charge is 0.352 e. The number of amides is 1. The zero-order chi connectivity index (χ0) is 20.4. The Hall–Kier alpha value is -2.03. The molecular weight excluding hydrogens is 430 g/mol. The van der Waals surface area contributed by atoms with Crippen LogP contribution in [0.2, 0.25) is 5.02 Å². The number of halogens is 1. The number of carbonyl (C=O) groups excluding carboxylic acids is 1. The molecule has 0 saturated carbocycles. The van der Waals surface area contributed by atoms with Gasteiger partial charge in [0.2, 0.25) is 0 Å². The molecule has 9 heteroatoms. The molecular formula is C20H20ClN3O3S2. The summed E-state index contributed by atoms with van der Waals surface area (Å²) >= 11 is 7.34. The fourth-order valence-corrected chi connectivity index (χ4v) is 7.12. The Labute approximate surface area is 179 Å². The minimum absolute atomic E-state index is 0.00758. The summed E-state index contributed by atoms with van der Waals surface area (Å²) in [6, 6.07) is 14.6. The average molecular weight is 450 g/mol. The van der Waals surface area contributed by atoms with Crippen molar-refractivity contribution in [1.29, 1.82) is 0 Å². The summed E-state index contributed by atoms with van der Waals surface area (Å²) in [5.41, 5.74) is 2.51. The van der Waals surface area contributed by atoms with E-state index >= 15 is 0 Å². The molecule has 1 saturated heterocycles. The molecule has 2 aliphatic rings. The molecule has 0 bridgehead atoms. The van der Waals surface area contributed by atoms with Crippen molar-refractivity contribution in [1.82, 2.24) is 5.32 Å². The van der Waals surface area contributed by atoms with E-state index in [2.05, 4.69) is 15.6 Å². The van der Waals surface area contributed by atoms with E-state index in [1.807, 2.05) is 36.4 Å². The number of amidine groups is 1. The lowest BCUT2D eigenvalue weighted by molar-refractivity contribution is 0.0954. The molecule has 1 amide bonds. The zero-order valence-corrected chi connectivity index (χ0v) is 17.9. The quantitative estimate of drug-likeness (QED) is 0.732. The maximum Gasteiger partial charge on any atom is 0.251 e. The van der Waals surface area contributed by atoms with E-state index < -0.39 is 9.84 Å². The lowest BCUT2D eigenvalue weighted by Crippen LogP contribution is -2.25. The Kier molecular flexibility index (Phi) is 5.85. The average Bonchev–Trinajstić information content (AvgIpc) is 3.16. The van der Waals surface area contributed by atoms with Crippen molar-refractivity contribution >= 4 is 50.0 Å². The van der Waals surface area contributed by atoms with Gasteiger partial charge in [-0.3, -0.25) is 9.79 Å². The van der Waals surface area contributed by atoms with Gasteiger partial charge in [-0.2, -0.15) is 0 Å². The van der Waals surface area contributed by atoms with Crippen LogP contribution in [-0.2, 0) is 16.3 Å². The maximum absolute atomic E-state index is 12.3. The van der Waals surface area contributed by atoms with Gasteiger partial charge < -0.3 is 10.6 Å². The van der Waals surface area contributed by atoms with Crippen molar-refractivity contribution in [3.63, 3.8) is 0 Å². The van der Waals surface area contributed by atoms with Crippen molar-refractivity contribution in [2.45, 2.75) is 17.7 Å². The van der Waals surface area contributed by atoms with Crippen LogP contribution in [0, 0.1) is 0 Å². The molecule has 2 aromatic rings. The standard InChI is InChI=1S/C20H20ClN3O3S2/c21-15-5-1-13(2-6-15)9-10-22-19(25)14-3-7-16(8-4-14)23-20-24-17-11-29(26,27)12-18(17)28-20/h1-8,17-18H,9-12H2,(H,22,25)(H,23,24)/t17-,18-/m0/s1. The molecule has 2 atom stereocenters. The van der Waals surface area contributed by atoms with E-state index in [1.165, 1.54) is 11.8 Å². The number of aliphatic imine (C=N–C) groups is 1. The van der Waals surface area contributed by atoms with Crippen LogP contribution < -0.4 is 10.6 Å². The molecule has 0 spiro atoms. The Balaban J connectivity index is 1.28. The Morgan fingerprint density at radius 3 is 2.52 bits per heavy atom. The summed E-state index contributed by atoms with van der Waals surface area (Å²) in [6.45, 7) is 0.541. The lowest BCUT2D eigenvalue weighted by atomic mass is 10.1. The van der Waals surface area contributed by atoms with Gasteiger partial charge in [0, 0.05) is 28.1 Å². The van der Waals surface area contributed by atoms with Crippen LogP contribution in [-0.4, -0.2) is 48.8 Å². The van der Waals surface area contributed by atoms with Crippen LogP contribution in [0.4, 0.5) is 5.69 Å². The van der Waals surface area contributed by atoms with Gasteiger partial charge >= 0.3 is 0 Å². The van der Waals surface area contributed by atoms with Gasteiger partial charge in [0.1, 0.15) is 0 Å². The maximum atomic E-state index is 12.3. The Morgan fingerprint density at radius 2 is 1.83 bits per heavy atom. The summed E-state index contributed by atoms with van der Waals surface area (Å²) in [5.74, 6) is 0.190. The first-order valence-corrected chi connectivity index (χ1v) is 12.3. The second kappa shape index (κ2) is 8.38. The van der Waals surface area contributed by atoms with Crippen LogP contribution in [0.15, 0.2) is 53.5 Å². The number of anilines is 1. The summed E-state index contributed by atoms with van der Waals surface area (Å²) in [5, 5.41) is 7.56. The van der Waals surface area contributed by atoms with Crippen LogP contribution in [0.1, 0.15) is 15.9 Å². The summed E-state index contributed by atoms with van der Waals surface area (Å²) in [6.07, 6.45) is 0.734. The first-order valence-electron chi connectivity index (χ1n) is 9.23. The number of thioether (sulfide) groups is 1. The third-order valence-electron chi connectivity index (χ3n) is 4.83. The normalized spacial score (nSPS) is 22.0. The van der Waals surface area contributed by atoms with Gasteiger partial charge in [0.05, 0.1) is 17.5 Å². The van der Waals surface area contributed by atoms with Gasteiger partial charge in [-0.25, -0.2) is 8.42 Å². The molecule has 29 heavy (non-hydrogen) atoms. The number of fused-ring (bicyclic) bond motifs is 1. The lowest BCUT2D eigenvalue weighted by Gasteiger charge is -2.09. The SMILES string of the molecule is O=C(NCCc1ccc(Cl)cc1)c1ccc(NC2=N[C@H]3CS(=O)(=O)C[C@@H]3S2)cc1. The van der Waals surface area contributed by atoms with Gasteiger partial charge in [-0.1, -0.05) is 35.5 Å². The number of hydrogen-bond donors (Lipinski definition) is 2. The summed E-state index contributed by atoms with van der Waals surface area (Å²) < 4.78 is 23.3. The number of benzene rings is 2. The van der Waals surface area contributed by atoms with E-state index in [9.17, 15) is 13.2 Å². The first-order chi connectivity index (χ1) is 13.9. The van der Waals surface area contributed by atoms with Gasteiger partial charge in [0.15, 0.2) is 15.0 Å². The van der Waals surface area contributed by atoms with Crippen molar-refractivity contribution < 1.29 is 13.2 Å².